The summed E-state index contributed by atoms with van der Waals surface area (Å²) in [7, 11) is 1.72. The van der Waals surface area contributed by atoms with Gasteiger partial charge in [-0.15, -0.1) is 0 Å². The SMILES string of the molecule is COc1ccccc1[C@H](C)NC1CCOCC1C. The van der Waals surface area contributed by atoms with E-state index in [4.69, 9.17) is 9.47 Å². The Morgan fingerprint density at radius 3 is 2.89 bits per heavy atom. The predicted molar refractivity (Wildman–Crippen MR) is 72.9 cm³/mol. The Balaban J connectivity index is 2.04. The highest BCUT2D eigenvalue weighted by Crippen LogP contribution is 2.26. The molecule has 1 saturated heterocycles. The van der Waals surface area contributed by atoms with E-state index in [2.05, 4.69) is 31.3 Å². The molecule has 1 N–H and O–H groups in total. The maximum atomic E-state index is 5.48. The Morgan fingerprint density at radius 1 is 1.39 bits per heavy atom. The van der Waals surface area contributed by atoms with Crippen LogP contribution in [-0.4, -0.2) is 26.4 Å². The van der Waals surface area contributed by atoms with Gasteiger partial charge in [0.05, 0.1) is 13.7 Å². The van der Waals surface area contributed by atoms with Crippen molar-refractivity contribution in [2.24, 2.45) is 5.92 Å². The Hall–Kier alpha value is -1.06. The van der Waals surface area contributed by atoms with Gasteiger partial charge in [0, 0.05) is 24.3 Å². The molecule has 0 amide bonds. The molecule has 0 aliphatic carbocycles. The number of ether oxygens (including phenoxy) is 2. The first-order valence-corrected chi connectivity index (χ1v) is 6.69. The van der Waals surface area contributed by atoms with E-state index in [1.807, 2.05) is 12.1 Å². The molecule has 3 heteroatoms. The molecule has 1 aromatic carbocycles. The second kappa shape index (κ2) is 6.21. The molecular formula is C15H23NO2. The van der Waals surface area contributed by atoms with Gasteiger partial charge in [0.1, 0.15) is 5.75 Å². The lowest BCUT2D eigenvalue weighted by Gasteiger charge is -2.32. The van der Waals surface area contributed by atoms with Crippen molar-refractivity contribution in [2.45, 2.75) is 32.4 Å². The Labute approximate surface area is 109 Å². The second-order valence-electron chi connectivity index (χ2n) is 5.08. The van der Waals surface area contributed by atoms with E-state index in [1.54, 1.807) is 7.11 Å². The Bertz CT molecular complexity index is 381. The van der Waals surface area contributed by atoms with Crippen LogP contribution in [0, 0.1) is 5.92 Å². The molecule has 0 aromatic heterocycles. The van der Waals surface area contributed by atoms with Gasteiger partial charge in [0.2, 0.25) is 0 Å². The van der Waals surface area contributed by atoms with Crippen LogP contribution in [0.4, 0.5) is 0 Å². The monoisotopic (exact) mass is 249 g/mol. The van der Waals surface area contributed by atoms with Crippen molar-refractivity contribution < 1.29 is 9.47 Å². The molecule has 2 unspecified atom stereocenters. The average molecular weight is 249 g/mol. The van der Waals surface area contributed by atoms with Gasteiger partial charge in [0.15, 0.2) is 0 Å². The quantitative estimate of drug-likeness (QED) is 0.890. The summed E-state index contributed by atoms with van der Waals surface area (Å²) >= 11 is 0. The number of methoxy groups -OCH3 is 1. The zero-order chi connectivity index (χ0) is 13.0. The highest BCUT2D eigenvalue weighted by Gasteiger charge is 2.24. The lowest BCUT2D eigenvalue weighted by molar-refractivity contribution is 0.0363. The minimum absolute atomic E-state index is 0.298. The molecular weight excluding hydrogens is 226 g/mol. The van der Waals surface area contributed by atoms with E-state index in [9.17, 15) is 0 Å². The zero-order valence-electron chi connectivity index (χ0n) is 11.5. The molecule has 3 atom stereocenters. The fourth-order valence-corrected chi connectivity index (χ4v) is 2.56. The van der Waals surface area contributed by atoms with Crippen LogP contribution in [0.15, 0.2) is 24.3 Å². The number of hydrogen-bond donors (Lipinski definition) is 1. The summed E-state index contributed by atoms with van der Waals surface area (Å²) in [5.74, 6) is 1.52. The van der Waals surface area contributed by atoms with Crippen molar-refractivity contribution in [1.29, 1.82) is 0 Å². The van der Waals surface area contributed by atoms with Crippen LogP contribution in [0.3, 0.4) is 0 Å². The van der Waals surface area contributed by atoms with Crippen molar-refractivity contribution >= 4 is 0 Å². The third-order valence-corrected chi connectivity index (χ3v) is 3.71. The van der Waals surface area contributed by atoms with Crippen LogP contribution in [-0.2, 0) is 4.74 Å². The van der Waals surface area contributed by atoms with Crippen LogP contribution in [0.2, 0.25) is 0 Å². The lowest BCUT2D eigenvalue weighted by atomic mass is 9.95. The fraction of sp³-hybridized carbons (Fsp3) is 0.600. The van der Waals surface area contributed by atoms with Crippen molar-refractivity contribution in [3.05, 3.63) is 29.8 Å². The summed E-state index contributed by atoms with van der Waals surface area (Å²) < 4.78 is 10.9. The van der Waals surface area contributed by atoms with E-state index in [-0.39, 0.29) is 0 Å². The van der Waals surface area contributed by atoms with Crippen molar-refractivity contribution in [3.63, 3.8) is 0 Å². The van der Waals surface area contributed by atoms with E-state index < -0.39 is 0 Å². The molecule has 18 heavy (non-hydrogen) atoms. The maximum absolute atomic E-state index is 5.48. The van der Waals surface area contributed by atoms with E-state index in [0.29, 0.717) is 18.0 Å². The van der Waals surface area contributed by atoms with E-state index >= 15 is 0 Å². The Morgan fingerprint density at radius 2 is 2.17 bits per heavy atom. The van der Waals surface area contributed by atoms with Crippen LogP contribution in [0.1, 0.15) is 31.9 Å². The van der Waals surface area contributed by atoms with Gasteiger partial charge in [0.25, 0.3) is 0 Å². The molecule has 1 aromatic rings. The molecule has 0 spiro atoms. The molecule has 1 fully saturated rings. The maximum Gasteiger partial charge on any atom is 0.123 e. The molecule has 0 saturated carbocycles. The van der Waals surface area contributed by atoms with E-state index in [0.717, 1.165) is 25.4 Å². The molecule has 1 heterocycles. The number of hydrogen-bond acceptors (Lipinski definition) is 3. The molecule has 1 aliphatic heterocycles. The first-order valence-electron chi connectivity index (χ1n) is 6.69. The molecule has 2 rings (SSSR count). The van der Waals surface area contributed by atoms with Crippen LogP contribution in [0.5, 0.6) is 5.75 Å². The summed E-state index contributed by atoms with van der Waals surface area (Å²) in [6.07, 6.45) is 1.08. The third-order valence-electron chi connectivity index (χ3n) is 3.71. The van der Waals surface area contributed by atoms with Gasteiger partial charge in [-0.1, -0.05) is 25.1 Å². The number of rotatable bonds is 4. The standard InChI is InChI=1S/C15H23NO2/c1-11-10-18-9-8-14(11)16-12(2)13-6-4-5-7-15(13)17-3/h4-7,11-12,14,16H,8-10H2,1-3H3/t11?,12-,14?/m0/s1. The van der Waals surface area contributed by atoms with Gasteiger partial charge < -0.3 is 14.8 Å². The largest absolute Gasteiger partial charge is 0.496 e. The highest BCUT2D eigenvalue weighted by atomic mass is 16.5. The van der Waals surface area contributed by atoms with Crippen molar-refractivity contribution in [1.82, 2.24) is 5.32 Å². The topological polar surface area (TPSA) is 30.5 Å². The van der Waals surface area contributed by atoms with Gasteiger partial charge in [-0.3, -0.25) is 0 Å². The van der Waals surface area contributed by atoms with Gasteiger partial charge in [-0.05, 0) is 25.3 Å². The fourth-order valence-electron chi connectivity index (χ4n) is 2.56. The minimum Gasteiger partial charge on any atom is -0.496 e. The number of nitrogens with one attached hydrogen (secondary N) is 1. The Kier molecular flexibility index (Phi) is 4.61. The number of benzene rings is 1. The summed E-state index contributed by atoms with van der Waals surface area (Å²) in [5, 5.41) is 3.70. The normalized spacial score (nSPS) is 25.7. The molecule has 0 bridgehead atoms. The van der Waals surface area contributed by atoms with Crippen LogP contribution >= 0.6 is 0 Å². The van der Waals surface area contributed by atoms with Gasteiger partial charge >= 0.3 is 0 Å². The highest BCUT2D eigenvalue weighted by molar-refractivity contribution is 5.35. The molecule has 0 radical (unpaired) electrons. The second-order valence-corrected chi connectivity index (χ2v) is 5.08. The number of para-hydroxylation sites is 1. The summed E-state index contributed by atoms with van der Waals surface area (Å²) in [4.78, 5) is 0. The summed E-state index contributed by atoms with van der Waals surface area (Å²) in [6.45, 7) is 6.16. The molecule has 1 aliphatic rings. The third kappa shape index (κ3) is 3.03. The zero-order valence-corrected chi connectivity index (χ0v) is 11.5. The van der Waals surface area contributed by atoms with Gasteiger partial charge in [-0.2, -0.15) is 0 Å². The first kappa shape index (κ1) is 13.4. The smallest absolute Gasteiger partial charge is 0.123 e. The van der Waals surface area contributed by atoms with Crippen LogP contribution in [0.25, 0.3) is 0 Å². The van der Waals surface area contributed by atoms with Crippen molar-refractivity contribution in [2.75, 3.05) is 20.3 Å². The predicted octanol–water partition coefficient (Wildman–Crippen LogP) is 2.77. The van der Waals surface area contributed by atoms with Crippen LogP contribution < -0.4 is 10.1 Å². The van der Waals surface area contributed by atoms with Gasteiger partial charge in [-0.25, -0.2) is 0 Å². The average Bonchev–Trinajstić information content (AvgIpc) is 2.41. The van der Waals surface area contributed by atoms with E-state index in [1.165, 1.54) is 5.56 Å². The summed E-state index contributed by atoms with van der Waals surface area (Å²) in [6, 6.07) is 9.03. The molecule has 3 nitrogen and oxygen atoms in total. The van der Waals surface area contributed by atoms with Crippen molar-refractivity contribution in [3.8, 4) is 5.75 Å². The summed E-state index contributed by atoms with van der Waals surface area (Å²) in [5.41, 5.74) is 1.22. The minimum atomic E-state index is 0.298. The first-order chi connectivity index (χ1) is 8.72. The lowest BCUT2D eigenvalue weighted by Crippen LogP contribution is -2.42. The molecule has 100 valence electrons.